The van der Waals surface area contributed by atoms with Crippen molar-refractivity contribution in [2.75, 3.05) is 50.2 Å². The topological polar surface area (TPSA) is 79.9 Å². The SMILES string of the molecule is CCOCCCNC(=O)c1cc(NC(=O)Cc2ccc(OC)cc2)ccc1N1CCC(C)CC1. The Hall–Kier alpha value is -3.06. The third kappa shape index (κ3) is 7.48. The second-order valence-corrected chi connectivity index (χ2v) is 8.78. The van der Waals surface area contributed by atoms with Crippen LogP contribution in [0.5, 0.6) is 5.75 Å². The summed E-state index contributed by atoms with van der Waals surface area (Å²) in [5, 5.41) is 5.95. The number of rotatable bonds is 11. The van der Waals surface area contributed by atoms with E-state index in [4.69, 9.17) is 9.47 Å². The molecule has 2 N–H and O–H groups in total. The zero-order valence-electron chi connectivity index (χ0n) is 20.6. The van der Waals surface area contributed by atoms with Gasteiger partial charge in [0.2, 0.25) is 5.91 Å². The molecule has 2 aromatic carbocycles. The fourth-order valence-corrected chi connectivity index (χ4v) is 4.07. The normalized spacial score (nSPS) is 14.0. The van der Waals surface area contributed by atoms with Crippen LogP contribution in [0.4, 0.5) is 11.4 Å². The van der Waals surface area contributed by atoms with Crippen LogP contribution in [-0.4, -0.2) is 51.8 Å². The van der Waals surface area contributed by atoms with Gasteiger partial charge in [-0.15, -0.1) is 0 Å². The van der Waals surface area contributed by atoms with E-state index in [1.807, 2.05) is 43.3 Å². The van der Waals surface area contributed by atoms with Crippen molar-refractivity contribution in [1.82, 2.24) is 5.32 Å². The van der Waals surface area contributed by atoms with E-state index in [1.165, 1.54) is 0 Å². The van der Waals surface area contributed by atoms with Gasteiger partial charge in [0, 0.05) is 44.2 Å². The molecule has 0 saturated carbocycles. The lowest BCUT2D eigenvalue weighted by atomic mass is 9.97. The maximum Gasteiger partial charge on any atom is 0.253 e. The predicted octanol–water partition coefficient (Wildman–Crippen LogP) is 4.27. The Labute approximate surface area is 202 Å². The Bertz CT molecular complexity index is 937. The van der Waals surface area contributed by atoms with E-state index in [0.717, 1.165) is 49.4 Å². The molecule has 0 aliphatic carbocycles. The molecule has 7 nitrogen and oxygen atoms in total. The van der Waals surface area contributed by atoms with Crippen molar-refractivity contribution >= 4 is 23.2 Å². The Morgan fingerprint density at radius 3 is 2.50 bits per heavy atom. The Kier molecular flexibility index (Phi) is 9.76. The number of amides is 2. The van der Waals surface area contributed by atoms with E-state index in [9.17, 15) is 9.59 Å². The van der Waals surface area contributed by atoms with Gasteiger partial charge in [0.05, 0.1) is 19.1 Å². The minimum Gasteiger partial charge on any atom is -0.497 e. The zero-order valence-corrected chi connectivity index (χ0v) is 20.6. The van der Waals surface area contributed by atoms with Crippen molar-refractivity contribution in [3.05, 3.63) is 53.6 Å². The summed E-state index contributed by atoms with van der Waals surface area (Å²) in [6.07, 6.45) is 3.22. The summed E-state index contributed by atoms with van der Waals surface area (Å²) in [7, 11) is 1.61. The van der Waals surface area contributed by atoms with Crippen LogP contribution in [0.25, 0.3) is 0 Å². The van der Waals surface area contributed by atoms with Gasteiger partial charge in [-0.3, -0.25) is 9.59 Å². The number of hydrogen-bond donors (Lipinski definition) is 2. The predicted molar refractivity (Wildman–Crippen MR) is 136 cm³/mol. The van der Waals surface area contributed by atoms with Crippen LogP contribution in [0.3, 0.4) is 0 Å². The first-order chi connectivity index (χ1) is 16.5. The molecule has 1 aliphatic rings. The molecule has 1 heterocycles. The van der Waals surface area contributed by atoms with Crippen LogP contribution in [0.15, 0.2) is 42.5 Å². The zero-order chi connectivity index (χ0) is 24.3. The highest BCUT2D eigenvalue weighted by molar-refractivity contribution is 6.02. The van der Waals surface area contributed by atoms with E-state index < -0.39 is 0 Å². The molecule has 0 aromatic heterocycles. The molecule has 0 unspecified atom stereocenters. The third-order valence-corrected chi connectivity index (χ3v) is 6.13. The lowest BCUT2D eigenvalue weighted by molar-refractivity contribution is -0.115. The number of piperidine rings is 1. The lowest BCUT2D eigenvalue weighted by Crippen LogP contribution is -2.35. The molecule has 0 bridgehead atoms. The Morgan fingerprint density at radius 2 is 1.82 bits per heavy atom. The monoisotopic (exact) mass is 467 g/mol. The molecule has 0 atom stereocenters. The molecular formula is C27H37N3O4. The van der Waals surface area contributed by atoms with Gasteiger partial charge < -0.3 is 25.0 Å². The number of anilines is 2. The van der Waals surface area contributed by atoms with Gasteiger partial charge in [-0.2, -0.15) is 0 Å². The first kappa shape index (κ1) is 25.6. The van der Waals surface area contributed by atoms with Crippen LogP contribution < -0.4 is 20.3 Å². The average molecular weight is 468 g/mol. The van der Waals surface area contributed by atoms with Crippen molar-refractivity contribution in [2.45, 2.75) is 39.5 Å². The second-order valence-electron chi connectivity index (χ2n) is 8.78. The molecule has 2 amide bonds. The molecule has 2 aromatic rings. The van der Waals surface area contributed by atoms with Crippen LogP contribution in [-0.2, 0) is 16.0 Å². The first-order valence-electron chi connectivity index (χ1n) is 12.2. The average Bonchev–Trinajstić information content (AvgIpc) is 2.85. The summed E-state index contributed by atoms with van der Waals surface area (Å²) in [5.74, 6) is 1.19. The molecule has 1 fully saturated rings. The van der Waals surface area contributed by atoms with Crippen LogP contribution in [0.2, 0.25) is 0 Å². The largest absolute Gasteiger partial charge is 0.497 e. The van der Waals surface area contributed by atoms with E-state index >= 15 is 0 Å². The lowest BCUT2D eigenvalue weighted by Gasteiger charge is -2.33. The van der Waals surface area contributed by atoms with E-state index in [1.54, 1.807) is 13.2 Å². The van der Waals surface area contributed by atoms with Gasteiger partial charge in [0.25, 0.3) is 5.91 Å². The van der Waals surface area contributed by atoms with Crippen molar-refractivity contribution in [3.63, 3.8) is 0 Å². The molecule has 0 spiro atoms. The molecule has 0 radical (unpaired) electrons. The smallest absolute Gasteiger partial charge is 0.253 e. The number of carbonyl (C=O) groups excluding carboxylic acids is 2. The summed E-state index contributed by atoms with van der Waals surface area (Å²) in [4.78, 5) is 28.0. The van der Waals surface area contributed by atoms with Gasteiger partial charge in [-0.05, 0) is 68.0 Å². The quantitative estimate of drug-likeness (QED) is 0.483. The summed E-state index contributed by atoms with van der Waals surface area (Å²) >= 11 is 0. The molecule has 3 rings (SSSR count). The molecule has 34 heavy (non-hydrogen) atoms. The maximum atomic E-state index is 13.1. The minimum atomic E-state index is -0.132. The minimum absolute atomic E-state index is 0.128. The number of nitrogens with zero attached hydrogens (tertiary/aromatic N) is 1. The number of hydrogen-bond acceptors (Lipinski definition) is 5. The second kappa shape index (κ2) is 13.0. The summed E-state index contributed by atoms with van der Waals surface area (Å²) in [5.41, 5.74) is 3.02. The van der Waals surface area contributed by atoms with Crippen LogP contribution in [0.1, 0.15) is 49.0 Å². The summed E-state index contributed by atoms with van der Waals surface area (Å²) < 4.78 is 10.5. The van der Waals surface area contributed by atoms with E-state index in [0.29, 0.717) is 36.9 Å². The van der Waals surface area contributed by atoms with Gasteiger partial charge >= 0.3 is 0 Å². The highest BCUT2D eigenvalue weighted by atomic mass is 16.5. The van der Waals surface area contributed by atoms with Crippen molar-refractivity contribution in [2.24, 2.45) is 5.92 Å². The summed E-state index contributed by atoms with van der Waals surface area (Å²) in [6, 6.07) is 13.0. The molecule has 1 saturated heterocycles. The Balaban J connectivity index is 1.71. The summed E-state index contributed by atoms with van der Waals surface area (Å²) in [6.45, 7) is 7.91. The molecule has 7 heteroatoms. The van der Waals surface area contributed by atoms with Crippen LogP contribution >= 0.6 is 0 Å². The third-order valence-electron chi connectivity index (χ3n) is 6.13. The molecule has 1 aliphatic heterocycles. The first-order valence-corrected chi connectivity index (χ1v) is 12.2. The molecule has 184 valence electrons. The number of nitrogens with one attached hydrogen (secondary N) is 2. The fourth-order valence-electron chi connectivity index (χ4n) is 4.07. The van der Waals surface area contributed by atoms with Gasteiger partial charge in [0.1, 0.15) is 5.75 Å². The Morgan fingerprint density at radius 1 is 1.09 bits per heavy atom. The highest BCUT2D eigenvalue weighted by Crippen LogP contribution is 2.29. The van der Waals surface area contributed by atoms with Crippen molar-refractivity contribution < 1.29 is 19.1 Å². The van der Waals surface area contributed by atoms with Crippen molar-refractivity contribution in [3.8, 4) is 5.75 Å². The van der Waals surface area contributed by atoms with Gasteiger partial charge in [0.15, 0.2) is 0 Å². The van der Waals surface area contributed by atoms with E-state index in [2.05, 4.69) is 22.5 Å². The van der Waals surface area contributed by atoms with Gasteiger partial charge in [-0.1, -0.05) is 19.1 Å². The standard InChI is InChI=1S/C27H37N3O4/c1-4-34-17-5-14-28-27(32)24-19-22(8-11-25(24)30-15-12-20(2)13-16-30)29-26(31)18-21-6-9-23(33-3)10-7-21/h6-11,19-20H,4-5,12-18H2,1-3H3,(H,28,32)(H,29,31). The highest BCUT2D eigenvalue weighted by Gasteiger charge is 2.22. The fraction of sp³-hybridized carbons (Fsp3) is 0.481. The van der Waals surface area contributed by atoms with Crippen molar-refractivity contribution in [1.29, 1.82) is 0 Å². The molecular weight excluding hydrogens is 430 g/mol. The number of benzene rings is 2. The van der Waals surface area contributed by atoms with E-state index in [-0.39, 0.29) is 18.2 Å². The van der Waals surface area contributed by atoms with Crippen LogP contribution in [0, 0.1) is 5.92 Å². The van der Waals surface area contributed by atoms with Gasteiger partial charge in [-0.25, -0.2) is 0 Å². The maximum absolute atomic E-state index is 13.1. The number of methoxy groups -OCH3 is 1. The number of ether oxygens (including phenoxy) is 2. The number of carbonyl (C=O) groups is 2.